The topological polar surface area (TPSA) is 38.3 Å². The fourth-order valence-electron chi connectivity index (χ4n) is 1.75. The summed E-state index contributed by atoms with van der Waals surface area (Å²) < 4.78 is 18.6. The van der Waals surface area contributed by atoms with Crippen LogP contribution in [-0.2, 0) is 0 Å². The molecular formula is C16H16FNO2S. The highest BCUT2D eigenvalue weighted by Crippen LogP contribution is 2.17. The van der Waals surface area contributed by atoms with Gasteiger partial charge < -0.3 is 10.1 Å². The summed E-state index contributed by atoms with van der Waals surface area (Å²) in [7, 11) is 1.45. The minimum Gasteiger partial charge on any atom is -0.497 e. The molecule has 0 saturated heterocycles. The third-order valence-corrected chi connectivity index (χ3v) is 3.83. The molecule has 0 unspecified atom stereocenters. The van der Waals surface area contributed by atoms with Gasteiger partial charge in [0, 0.05) is 23.3 Å². The Kier molecular flexibility index (Phi) is 5.63. The van der Waals surface area contributed by atoms with Gasteiger partial charge >= 0.3 is 0 Å². The van der Waals surface area contributed by atoms with Crippen molar-refractivity contribution in [2.24, 2.45) is 0 Å². The molecule has 0 aliphatic heterocycles. The second-order valence-electron chi connectivity index (χ2n) is 4.26. The summed E-state index contributed by atoms with van der Waals surface area (Å²) in [4.78, 5) is 13.0. The first-order chi connectivity index (χ1) is 10.2. The Balaban J connectivity index is 1.82. The molecule has 0 radical (unpaired) electrons. The molecule has 2 aromatic carbocycles. The average Bonchev–Trinajstić information content (AvgIpc) is 2.52. The first kappa shape index (κ1) is 15.4. The summed E-state index contributed by atoms with van der Waals surface area (Å²) in [6.45, 7) is 0.476. The Labute approximate surface area is 127 Å². The lowest BCUT2D eigenvalue weighted by Crippen LogP contribution is -2.26. The number of halogens is 1. The van der Waals surface area contributed by atoms with Crippen molar-refractivity contribution in [3.8, 4) is 5.75 Å². The van der Waals surface area contributed by atoms with Crippen LogP contribution < -0.4 is 10.1 Å². The van der Waals surface area contributed by atoms with E-state index in [-0.39, 0.29) is 5.56 Å². The van der Waals surface area contributed by atoms with Gasteiger partial charge in [-0.15, -0.1) is 11.8 Å². The van der Waals surface area contributed by atoms with E-state index in [2.05, 4.69) is 5.32 Å². The Morgan fingerprint density at radius 3 is 2.67 bits per heavy atom. The van der Waals surface area contributed by atoms with E-state index in [0.717, 1.165) is 10.6 Å². The number of nitrogens with one attached hydrogen (secondary N) is 1. The molecule has 2 aromatic rings. The normalized spacial score (nSPS) is 10.2. The van der Waals surface area contributed by atoms with E-state index in [4.69, 9.17) is 4.74 Å². The van der Waals surface area contributed by atoms with Crippen LogP contribution in [0.4, 0.5) is 4.39 Å². The predicted octanol–water partition coefficient (Wildman–Crippen LogP) is 3.36. The van der Waals surface area contributed by atoms with Crippen LogP contribution in [0.2, 0.25) is 0 Å². The highest BCUT2D eigenvalue weighted by Gasteiger charge is 2.11. The summed E-state index contributed by atoms with van der Waals surface area (Å²) >= 11 is 1.64. The van der Waals surface area contributed by atoms with Crippen molar-refractivity contribution in [2.45, 2.75) is 4.90 Å². The van der Waals surface area contributed by atoms with Gasteiger partial charge in [0.05, 0.1) is 12.7 Å². The quantitative estimate of drug-likeness (QED) is 0.657. The lowest BCUT2D eigenvalue weighted by molar-refractivity contribution is 0.0952. The number of thioether (sulfide) groups is 1. The fraction of sp³-hybridized carbons (Fsp3) is 0.188. The number of ether oxygens (including phenoxy) is 1. The fourth-order valence-corrected chi connectivity index (χ4v) is 2.54. The molecule has 5 heteroatoms. The molecule has 0 aromatic heterocycles. The SMILES string of the molecule is COc1ccc(C(=O)NCCSc2ccccc2)c(F)c1. The van der Waals surface area contributed by atoms with Crippen LogP contribution in [0.3, 0.4) is 0 Å². The molecule has 3 nitrogen and oxygen atoms in total. The summed E-state index contributed by atoms with van der Waals surface area (Å²) in [5, 5.41) is 2.71. The van der Waals surface area contributed by atoms with Crippen LogP contribution in [0, 0.1) is 5.82 Å². The number of hydrogen-bond donors (Lipinski definition) is 1. The van der Waals surface area contributed by atoms with Crippen molar-refractivity contribution < 1.29 is 13.9 Å². The molecule has 0 bridgehead atoms. The maximum atomic E-state index is 13.7. The molecule has 0 aliphatic rings. The number of carbonyl (C=O) groups is 1. The predicted molar refractivity (Wildman–Crippen MR) is 82.5 cm³/mol. The molecule has 0 fully saturated rings. The van der Waals surface area contributed by atoms with Gasteiger partial charge in [-0.1, -0.05) is 18.2 Å². The zero-order valence-electron chi connectivity index (χ0n) is 11.6. The molecule has 0 atom stereocenters. The van der Waals surface area contributed by atoms with Gasteiger partial charge in [-0.3, -0.25) is 4.79 Å². The second-order valence-corrected chi connectivity index (χ2v) is 5.43. The molecule has 1 N–H and O–H groups in total. The lowest BCUT2D eigenvalue weighted by Gasteiger charge is -2.07. The van der Waals surface area contributed by atoms with E-state index in [1.165, 1.54) is 19.2 Å². The van der Waals surface area contributed by atoms with Crippen LogP contribution in [0.25, 0.3) is 0 Å². The number of amides is 1. The minimum atomic E-state index is -0.581. The molecule has 110 valence electrons. The summed E-state index contributed by atoms with van der Waals surface area (Å²) in [5.41, 5.74) is 0.0283. The largest absolute Gasteiger partial charge is 0.497 e. The van der Waals surface area contributed by atoms with Gasteiger partial charge in [0.15, 0.2) is 0 Å². The van der Waals surface area contributed by atoms with Gasteiger partial charge in [0.25, 0.3) is 5.91 Å². The molecular weight excluding hydrogens is 289 g/mol. The number of hydrogen-bond acceptors (Lipinski definition) is 3. The minimum absolute atomic E-state index is 0.0283. The van der Waals surface area contributed by atoms with Gasteiger partial charge in [-0.25, -0.2) is 4.39 Å². The highest BCUT2D eigenvalue weighted by molar-refractivity contribution is 7.99. The van der Waals surface area contributed by atoms with E-state index in [1.807, 2.05) is 30.3 Å². The first-order valence-electron chi connectivity index (χ1n) is 6.50. The number of rotatable bonds is 6. The van der Waals surface area contributed by atoms with Gasteiger partial charge in [0.2, 0.25) is 0 Å². The van der Waals surface area contributed by atoms with Crippen molar-refractivity contribution in [1.82, 2.24) is 5.32 Å². The summed E-state index contributed by atoms with van der Waals surface area (Å²) in [5.74, 6) is 0.128. The Bertz CT molecular complexity index is 604. The molecule has 0 saturated carbocycles. The van der Waals surface area contributed by atoms with E-state index < -0.39 is 11.7 Å². The molecule has 0 aliphatic carbocycles. The van der Waals surface area contributed by atoms with Crippen LogP contribution >= 0.6 is 11.8 Å². The zero-order chi connectivity index (χ0) is 15.1. The molecule has 2 rings (SSSR count). The standard InChI is InChI=1S/C16H16FNO2S/c1-20-12-7-8-14(15(17)11-12)16(19)18-9-10-21-13-5-3-2-4-6-13/h2-8,11H,9-10H2,1H3,(H,18,19). The Morgan fingerprint density at radius 1 is 1.24 bits per heavy atom. The Morgan fingerprint density at radius 2 is 2.00 bits per heavy atom. The third kappa shape index (κ3) is 4.49. The molecule has 0 heterocycles. The number of carbonyl (C=O) groups excluding carboxylic acids is 1. The maximum absolute atomic E-state index is 13.7. The van der Waals surface area contributed by atoms with E-state index in [0.29, 0.717) is 12.3 Å². The number of methoxy groups -OCH3 is 1. The van der Waals surface area contributed by atoms with Gasteiger partial charge in [-0.2, -0.15) is 0 Å². The van der Waals surface area contributed by atoms with Gasteiger partial charge in [0.1, 0.15) is 11.6 Å². The smallest absolute Gasteiger partial charge is 0.254 e. The monoisotopic (exact) mass is 305 g/mol. The Hall–Kier alpha value is -2.01. The third-order valence-electron chi connectivity index (χ3n) is 2.82. The van der Waals surface area contributed by atoms with Crippen LogP contribution in [0.15, 0.2) is 53.4 Å². The first-order valence-corrected chi connectivity index (χ1v) is 7.49. The maximum Gasteiger partial charge on any atom is 0.254 e. The van der Waals surface area contributed by atoms with Crippen molar-refractivity contribution in [1.29, 1.82) is 0 Å². The van der Waals surface area contributed by atoms with Crippen molar-refractivity contribution in [2.75, 3.05) is 19.4 Å². The highest BCUT2D eigenvalue weighted by atomic mass is 32.2. The van der Waals surface area contributed by atoms with Crippen molar-refractivity contribution >= 4 is 17.7 Å². The van der Waals surface area contributed by atoms with E-state index >= 15 is 0 Å². The molecule has 0 spiro atoms. The molecule has 1 amide bonds. The summed E-state index contributed by atoms with van der Waals surface area (Å²) in [6.07, 6.45) is 0. The number of benzene rings is 2. The molecule has 21 heavy (non-hydrogen) atoms. The lowest BCUT2D eigenvalue weighted by atomic mass is 10.2. The van der Waals surface area contributed by atoms with Gasteiger partial charge in [-0.05, 0) is 24.3 Å². The second kappa shape index (κ2) is 7.69. The average molecular weight is 305 g/mol. The van der Waals surface area contributed by atoms with E-state index in [9.17, 15) is 9.18 Å². The van der Waals surface area contributed by atoms with E-state index in [1.54, 1.807) is 17.8 Å². The van der Waals surface area contributed by atoms with Crippen LogP contribution in [0.1, 0.15) is 10.4 Å². The van der Waals surface area contributed by atoms with Crippen molar-refractivity contribution in [3.63, 3.8) is 0 Å². The van der Waals surface area contributed by atoms with Crippen molar-refractivity contribution in [3.05, 3.63) is 59.9 Å². The van der Waals surface area contributed by atoms with Crippen LogP contribution in [-0.4, -0.2) is 25.3 Å². The zero-order valence-corrected chi connectivity index (χ0v) is 12.5. The summed E-state index contributed by atoms with van der Waals surface area (Å²) in [6, 6.07) is 14.1. The van der Waals surface area contributed by atoms with Crippen LogP contribution in [0.5, 0.6) is 5.75 Å².